The molecule has 0 spiro atoms. The van der Waals surface area contributed by atoms with Crippen LogP contribution in [0.1, 0.15) is 37.3 Å². The van der Waals surface area contributed by atoms with Crippen molar-refractivity contribution < 1.29 is 4.79 Å². The Kier molecular flexibility index (Phi) is 3.48. The second kappa shape index (κ2) is 4.88. The van der Waals surface area contributed by atoms with Crippen LogP contribution >= 0.6 is 11.6 Å². The summed E-state index contributed by atoms with van der Waals surface area (Å²) in [6.45, 7) is 4.50. The first-order valence-electron chi connectivity index (χ1n) is 5.80. The highest BCUT2D eigenvalue weighted by atomic mass is 35.5. The van der Waals surface area contributed by atoms with Gasteiger partial charge in [0.2, 0.25) is 0 Å². The molecule has 0 saturated heterocycles. The molecule has 0 N–H and O–H groups in total. The van der Waals surface area contributed by atoms with Crippen molar-refractivity contribution in [2.24, 2.45) is 0 Å². The van der Waals surface area contributed by atoms with Gasteiger partial charge in [0.15, 0.2) is 11.6 Å². The molecule has 2 aromatic rings. The first-order valence-corrected chi connectivity index (χ1v) is 6.18. The van der Waals surface area contributed by atoms with Gasteiger partial charge in [0, 0.05) is 18.5 Å². The average molecular weight is 251 g/mol. The zero-order valence-corrected chi connectivity index (χ0v) is 10.8. The number of Topliss-reactive ketones (excluding diaryl/α,β-unsaturated/α-hetero) is 1. The summed E-state index contributed by atoms with van der Waals surface area (Å²) in [5.41, 5.74) is 1.77. The third-order valence-corrected chi connectivity index (χ3v) is 3.00. The lowest BCUT2D eigenvalue weighted by molar-refractivity contribution is 0.1000. The first kappa shape index (κ1) is 12.1. The van der Waals surface area contributed by atoms with Gasteiger partial charge in [-0.1, -0.05) is 24.9 Å². The topological polar surface area (TPSA) is 34.9 Å². The van der Waals surface area contributed by atoms with Gasteiger partial charge in [0.05, 0.1) is 11.0 Å². The fourth-order valence-electron chi connectivity index (χ4n) is 1.91. The van der Waals surface area contributed by atoms with Gasteiger partial charge in [-0.2, -0.15) is 0 Å². The summed E-state index contributed by atoms with van der Waals surface area (Å²) in [4.78, 5) is 15.9. The number of hydrogen-bond acceptors (Lipinski definition) is 2. The second-order valence-corrected chi connectivity index (χ2v) is 4.57. The van der Waals surface area contributed by atoms with E-state index in [1.54, 1.807) is 13.0 Å². The summed E-state index contributed by atoms with van der Waals surface area (Å²) in [5, 5.41) is 0.646. The van der Waals surface area contributed by atoms with Gasteiger partial charge >= 0.3 is 0 Å². The van der Waals surface area contributed by atoms with Crippen molar-refractivity contribution in [3.05, 3.63) is 29.0 Å². The number of carbonyl (C=O) groups is 1. The van der Waals surface area contributed by atoms with E-state index < -0.39 is 0 Å². The molecule has 0 saturated carbocycles. The highest BCUT2D eigenvalue weighted by Crippen LogP contribution is 2.21. The minimum atomic E-state index is -0.00609. The van der Waals surface area contributed by atoms with Crippen LogP contribution in [-0.4, -0.2) is 15.3 Å². The van der Waals surface area contributed by atoms with Crippen LogP contribution in [0.2, 0.25) is 5.02 Å². The van der Waals surface area contributed by atoms with Crippen LogP contribution in [0.5, 0.6) is 0 Å². The fraction of sp³-hybridized carbons (Fsp3) is 0.385. The van der Waals surface area contributed by atoms with Crippen LogP contribution in [0, 0.1) is 0 Å². The molecular weight excluding hydrogens is 236 g/mol. The van der Waals surface area contributed by atoms with E-state index in [1.165, 1.54) is 0 Å². The minimum Gasteiger partial charge on any atom is -0.322 e. The van der Waals surface area contributed by atoms with E-state index in [9.17, 15) is 4.79 Å². The van der Waals surface area contributed by atoms with Gasteiger partial charge in [-0.05, 0) is 24.6 Å². The number of ketones is 1. The zero-order chi connectivity index (χ0) is 12.4. The van der Waals surface area contributed by atoms with Crippen molar-refractivity contribution >= 4 is 28.4 Å². The summed E-state index contributed by atoms with van der Waals surface area (Å²) < 4.78 is 1.98. The van der Waals surface area contributed by atoms with E-state index in [0.29, 0.717) is 10.8 Å². The molecule has 17 heavy (non-hydrogen) atoms. The van der Waals surface area contributed by atoms with E-state index in [0.717, 1.165) is 30.4 Å². The molecule has 0 aliphatic heterocycles. The lowest BCUT2D eigenvalue weighted by atomic mass is 10.3. The van der Waals surface area contributed by atoms with Crippen molar-refractivity contribution in [2.45, 2.75) is 33.2 Å². The monoisotopic (exact) mass is 250 g/mol. The summed E-state index contributed by atoms with van der Waals surface area (Å²) in [5.74, 6) is 0.518. The third kappa shape index (κ3) is 2.34. The van der Waals surface area contributed by atoms with Crippen molar-refractivity contribution in [3.63, 3.8) is 0 Å². The minimum absolute atomic E-state index is 0.00609. The molecule has 0 aliphatic rings. The molecule has 1 aromatic carbocycles. The maximum absolute atomic E-state index is 11.6. The zero-order valence-electron chi connectivity index (χ0n) is 10.0. The lowest BCUT2D eigenvalue weighted by Gasteiger charge is -2.05. The smallest absolute Gasteiger partial charge is 0.195 e. The fourth-order valence-corrected chi connectivity index (χ4v) is 2.08. The lowest BCUT2D eigenvalue weighted by Crippen LogP contribution is -2.07. The maximum Gasteiger partial charge on any atom is 0.195 e. The van der Waals surface area contributed by atoms with E-state index in [4.69, 9.17) is 11.6 Å². The van der Waals surface area contributed by atoms with Crippen LogP contribution in [0.15, 0.2) is 18.2 Å². The quantitative estimate of drug-likeness (QED) is 0.776. The molecule has 2 rings (SSSR count). The molecular formula is C13H15ClN2O. The predicted octanol–water partition coefficient (Wildman–Crippen LogP) is 3.69. The van der Waals surface area contributed by atoms with Gasteiger partial charge in [-0.15, -0.1) is 0 Å². The molecule has 1 heterocycles. The highest BCUT2D eigenvalue weighted by Gasteiger charge is 2.13. The highest BCUT2D eigenvalue weighted by molar-refractivity contribution is 6.31. The molecule has 1 aromatic heterocycles. The van der Waals surface area contributed by atoms with Crippen molar-refractivity contribution in [2.75, 3.05) is 0 Å². The number of rotatable bonds is 4. The Morgan fingerprint density at radius 1 is 1.47 bits per heavy atom. The summed E-state index contributed by atoms with van der Waals surface area (Å²) in [6.07, 6.45) is 2.12. The molecule has 0 unspecified atom stereocenters. The number of nitrogens with zero attached hydrogens (tertiary/aromatic N) is 2. The van der Waals surface area contributed by atoms with E-state index in [1.807, 2.05) is 16.7 Å². The number of hydrogen-bond donors (Lipinski definition) is 0. The van der Waals surface area contributed by atoms with Crippen molar-refractivity contribution in [1.29, 1.82) is 0 Å². The Morgan fingerprint density at radius 2 is 2.24 bits per heavy atom. The molecule has 0 atom stereocenters. The second-order valence-electron chi connectivity index (χ2n) is 4.13. The van der Waals surface area contributed by atoms with E-state index in [2.05, 4.69) is 11.9 Å². The SMILES string of the molecule is CCCCn1c(C(C)=O)nc2cc(Cl)ccc21. The summed E-state index contributed by atoms with van der Waals surface area (Å²) >= 11 is 5.93. The average Bonchev–Trinajstić information content (AvgIpc) is 2.64. The van der Waals surface area contributed by atoms with Crippen LogP contribution in [0.4, 0.5) is 0 Å². The Morgan fingerprint density at radius 3 is 2.88 bits per heavy atom. The first-order chi connectivity index (χ1) is 8.13. The number of carbonyl (C=O) groups excluding carboxylic acids is 1. The number of aryl methyl sites for hydroxylation is 1. The normalized spacial score (nSPS) is 11.0. The van der Waals surface area contributed by atoms with Gasteiger partial charge in [0.1, 0.15) is 0 Å². The van der Waals surface area contributed by atoms with Crippen LogP contribution in [0.3, 0.4) is 0 Å². The molecule has 0 aliphatic carbocycles. The number of aromatic nitrogens is 2. The maximum atomic E-state index is 11.6. The predicted molar refractivity (Wildman–Crippen MR) is 69.7 cm³/mol. The number of benzene rings is 1. The van der Waals surface area contributed by atoms with Gasteiger partial charge in [-0.3, -0.25) is 4.79 Å². The molecule has 4 heteroatoms. The van der Waals surface area contributed by atoms with Crippen LogP contribution in [0.25, 0.3) is 11.0 Å². The molecule has 0 radical (unpaired) electrons. The number of fused-ring (bicyclic) bond motifs is 1. The Labute approximate surface area is 105 Å². The van der Waals surface area contributed by atoms with Crippen molar-refractivity contribution in [3.8, 4) is 0 Å². The molecule has 0 bridgehead atoms. The van der Waals surface area contributed by atoms with Crippen LogP contribution in [-0.2, 0) is 6.54 Å². The Hall–Kier alpha value is -1.35. The van der Waals surface area contributed by atoms with Gasteiger partial charge < -0.3 is 4.57 Å². The van der Waals surface area contributed by atoms with E-state index in [-0.39, 0.29) is 5.78 Å². The van der Waals surface area contributed by atoms with Crippen LogP contribution < -0.4 is 0 Å². The molecule has 0 fully saturated rings. The molecule has 0 amide bonds. The number of halogens is 1. The third-order valence-electron chi connectivity index (χ3n) is 2.76. The Balaban J connectivity index is 2.58. The molecule has 3 nitrogen and oxygen atoms in total. The molecule has 90 valence electrons. The summed E-state index contributed by atoms with van der Waals surface area (Å²) in [7, 11) is 0. The van der Waals surface area contributed by atoms with Gasteiger partial charge in [-0.25, -0.2) is 4.98 Å². The van der Waals surface area contributed by atoms with Crippen molar-refractivity contribution in [1.82, 2.24) is 9.55 Å². The standard InChI is InChI=1S/C13H15ClN2O/c1-3-4-7-16-12-6-5-10(14)8-11(12)15-13(16)9(2)17/h5-6,8H,3-4,7H2,1-2H3. The van der Waals surface area contributed by atoms with Gasteiger partial charge in [0.25, 0.3) is 0 Å². The number of unbranched alkanes of at least 4 members (excludes halogenated alkanes) is 1. The summed E-state index contributed by atoms with van der Waals surface area (Å²) in [6, 6.07) is 5.55. The largest absolute Gasteiger partial charge is 0.322 e. The Bertz CT molecular complexity index is 560. The van der Waals surface area contributed by atoms with E-state index >= 15 is 0 Å². The number of imidazole rings is 1.